The number of ether oxygens (including phenoxy) is 2. The van der Waals surface area contributed by atoms with Crippen LogP contribution in [0.25, 0.3) is 10.8 Å². The van der Waals surface area contributed by atoms with Gasteiger partial charge in [-0.05, 0) is 79.1 Å². The molecule has 6 rings (SSSR count). The van der Waals surface area contributed by atoms with Crippen LogP contribution in [0.2, 0.25) is 0 Å². The lowest BCUT2D eigenvalue weighted by atomic mass is 9.88. The summed E-state index contributed by atoms with van der Waals surface area (Å²) < 4.78 is 65.3. The summed E-state index contributed by atoms with van der Waals surface area (Å²) in [6.07, 6.45) is 3.11. The van der Waals surface area contributed by atoms with Gasteiger partial charge in [0.25, 0.3) is 0 Å². The molecule has 1 aliphatic carbocycles. The summed E-state index contributed by atoms with van der Waals surface area (Å²) in [4.78, 5) is 0.566. The van der Waals surface area contributed by atoms with E-state index in [2.05, 4.69) is 5.32 Å². The van der Waals surface area contributed by atoms with Crippen LogP contribution < -0.4 is 10.1 Å². The average Bonchev–Trinajstić information content (AvgIpc) is 3.72. The lowest BCUT2D eigenvalue weighted by Gasteiger charge is -2.38. The zero-order valence-electron chi connectivity index (χ0n) is 23.5. The van der Waals surface area contributed by atoms with Gasteiger partial charge in [0.1, 0.15) is 18.5 Å². The van der Waals surface area contributed by atoms with Crippen molar-refractivity contribution in [1.29, 1.82) is 0 Å². The lowest BCUT2D eigenvalue weighted by molar-refractivity contribution is -0.0312. The number of sulfonamides is 1. The van der Waals surface area contributed by atoms with Crippen LogP contribution in [0.5, 0.6) is 5.75 Å². The molecule has 2 heterocycles. The van der Waals surface area contributed by atoms with Gasteiger partial charge >= 0.3 is 0 Å². The van der Waals surface area contributed by atoms with Gasteiger partial charge < -0.3 is 19.9 Å². The number of aliphatic hydroxyl groups excluding tert-OH is 1. The molecule has 1 saturated carbocycles. The van der Waals surface area contributed by atoms with Crippen molar-refractivity contribution in [2.45, 2.75) is 59.6 Å². The molecule has 3 aliphatic rings. The summed E-state index contributed by atoms with van der Waals surface area (Å²) in [6, 6.07) is 19.5. The molecule has 2 atom stereocenters. The third-order valence-corrected chi connectivity index (χ3v) is 12.4. The molecule has 3 fully saturated rings. The Morgan fingerprint density at radius 3 is 2.48 bits per heavy atom. The topological polar surface area (TPSA) is 122 Å². The average molecular weight is 615 g/mol. The van der Waals surface area contributed by atoms with Crippen LogP contribution in [-0.4, -0.2) is 82.6 Å². The first-order valence-corrected chi connectivity index (χ1v) is 17.7. The van der Waals surface area contributed by atoms with E-state index in [0.717, 1.165) is 30.0 Å². The number of sulfone groups is 1. The maximum Gasteiger partial charge on any atom is 0.243 e. The molecular formula is C31H38N2O7S2. The van der Waals surface area contributed by atoms with Crippen molar-refractivity contribution >= 4 is 30.6 Å². The molecule has 3 aromatic carbocycles. The third kappa shape index (κ3) is 6.66. The quantitative estimate of drug-likeness (QED) is 0.337. The van der Waals surface area contributed by atoms with E-state index in [9.17, 15) is 21.9 Å². The predicted molar refractivity (Wildman–Crippen MR) is 160 cm³/mol. The summed E-state index contributed by atoms with van der Waals surface area (Å²) in [5, 5.41) is 15.8. The van der Waals surface area contributed by atoms with Gasteiger partial charge in [0.05, 0.1) is 27.8 Å². The maximum atomic E-state index is 13.4. The van der Waals surface area contributed by atoms with Crippen molar-refractivity contribution in [1.82, 2.24) is 9.62 Å². The van der Waals surface area contributed by atoms with Crippen molar-refractivity contribution in [3.63, 3.8) is 0 Å². The monoisotopic (exact) mass is 614 g/mol. The van der Waals surface area contributed by atoms with Crippen LogP contribution in [0.15, 0.2) is 76.5 Å². The van der Waals surface area contributed by atoms with E-state index in [4.69, 9.17) is 9.47 Å². The number of nitrogens with one attached hydrogen (secondary N) is 1. The Hall–Kier alpha value is -2.54. The number of nitrogens with zero attached hydrogens (tertiary/aromatic N) is 1. The first-order chi connectivity index (χ1) is 20.1. The van der Waals surface area contributed by atoms with Gasteiger partial charge in [0.15, 0.2) is 9.84 Å². The zero-order chi connectivity index (χ0) is 29.4. The standard InChI is InChI=1S/C31H38N2O7S2/c34-27(21-39-28-6-3-7-29(17-28)41(35,36)22-23-8-9-23)19-32-26-18-31(40-20-26)12-14-33(15-13-31)42(37,38)30-11-10-24-4-1-2-5-25(24)16-30/h1-7,10-11,16-17,23,26-27,32,34H,8-9,12-15,18-22H2/t26?,27-/m0/s1. The number of hydrogen-bond acceptors (Lipinski definition) is 8. The molecule has 2 N–H and O–H groups in total. The minimum atomic E-state index is -3.60. The number of fused-ring (bicyclic) bond motifs is 1. The zero-order valence-corrected chi connectivity index (χ0v) is 25.2. The molecule has 0 amide bonds. The second-order valence-electron chi connectivity index (χ2n) is 11.9. The highest BCUT2D eigenvalue weighted by Gasteiger charge is 2.44. The van der Waals surface area contributed by atoms with E-state index in [0.29, 0.717) is 49.7 Å². The van der Waals surface area contributed by atoms with Gasteiger partial charge in [0, 0.05) is 25.7 Å². The number of rotatable bonds is 11. The summed E-state index contributed by atoms with van der Waals surface area (Å²) in [5.74, 6) is 0.855. The van der Waals surface area contributed by atoms with Gasteiger partial charge in [-0.25, -0.2) is 16.8 Å². The van der Waals surface area contributed by atoms with Crippen molar-refractivity contribution in [3.05, 3.63) is 66.7 Å². The Morgan fingerprint density at radius 1 is 0.952 bits per heavy atom. The first-order valence-electron chi connectivity index (χ1n) is 14.6. The van der Waals surface area contributed by atoms with Crippen molar-refractivity contribution in [3.8, 4) is 5.75 Å². The SMILES string of the molecule is O=S(=O)(CC1CC1)c1cccc(OC[C@@H](O)CNC2COC3(CCN(S(=O)(=O)c4ccc5ccccc5c4)CC3)C2)c1. The second-order valence-corrected chi connectivity index (χ2v) is 15.9. The molecule has 3 aromatic rings. The molecule has 226 valence electrons. The Balaban J connectivity index is 0.962. The molecule has 9 nitrogen and oxygen atoms in total. The van der Waals surface area contributed by atoms with Crippen LogP contribution in [0.4, 0.5) is 0 Å². The normalized spacial score (nSPS) is 22.0. The predicted octanol–water partition coefficient (Wildman–Crippen LogP) is 3.37. The van der Waals surface area contributed by atoms with Crippen LogP contribution in [0.3, 0.4) is 0 Å². The molecule has 1 spiro atoms. The summed E-state index contributed by atoms with van der Waals surface area (Å²) >= 11 is 0. The lowest BCUT2D eigenvalue weighted by Crippen LogP contribution is -2.47. The van der Waals surface area contributed by atoms with Gasteiger partial charge in [0.2, 0.25) is 10.0 Å². The highest BCUT2D eigenvalue weighted by Crippen LogP contribution is 2.38. The Labute approximate surface area is 247 Å². The minimum Gasteiger partial charge on any atom is -0.491 e. The van der Waals surface area contributed by atoms with Gasteiger partial charge in [-0.3, -0.25) is 0 Å². The van der Waals surface area contributed by atoms with Crippen LogP contribution in [-0.2, 0) is 24.6 Å². The van der Waals surface area contributed by atoms with Crippen molar-refractivity contribution in [2.75, 3.05) is 38.6 Å². The van der Waals surface area contributed by atoms with Crippen LogP contribution in [0, 0.1) is 5.92 Å². The summed E-state index contributed by atoms with van der Waals surface area (Å²) in [5.41, 5.74) is -0.374. The van der Waals surface area contributed by atoms with E-state index >= 15 is 0 Å². The van der Waals surface area contributed by atoms with E-state index in [1.807, 2.05) is 30.3 Å². The van der Waals surface area contributed by atoms with E-state index in [-0.39, 0.29) is 34.8 Å². The molecule has 2 aliphatic heterocycles. The molecule has 0 radical (unpaired) electrons. The van der Waals surface area contributed by atoms with Gasteiger partial charge in [-0.15, -0.1) is 0 Å². The van der Waals surface area contributed by atoms with E-state index in [1.165, 1.54) is 6.07 Å². The molecule has 0 bridgehead atoms. The van der Waals surface area contributed by atoms with Crippen LogP contribution >= 0.6 is 0 Å². The van der Waals surface area contributed by atoms with E-state index in [1.54, 1.807) is 34.6 Å². The van der Waals surface area contributed by atoms with E-state index < -0.39 is 26.0 Å². The smallest absolute Gasteiger partial charge is 0.243 e. The maximum absolute atomic E-state index is 13.4. The fraction of sp³-hybridized carbons (Fsp3) is 0.484. The number of aliphatic hydroxyl groups is 1. The Bertz CT molecular complexity index is 1630. The second kappa shape index (κ2) is 11.9. The fourth-order valence-electron chi connectivity index (χ4n) is 5.94. The Morgan fingerprint density at radius 2 is 1.71 bits per heavy atom. The largest absolute Gasteiger partial charge is 0.491 e. The Kier molecular flexibility index (Phi) is 8.34. The number of piperidine rings is 1. The van der Waals surface area contributed by atoms with Gasteiger partial charge in [-0.2, -0.15) is 4.31 Å². The summed E-state index contributed by atoms with van der Waals surface area (Å²) in [6.45, 7) is 1.61. The van der Waals surface area contributed by atoms with Gasteiger partial charge in [-0.1, -0.05) is 36.4 Å². The highest BCUT2D eigenvalue weighted by molar-refractivity contribution is 7.91. The van der Waals surface area contributed by atoms with Crippen molar-refractivity contribution < 1.29 is 31.4 Å². The van der Waals surface area contributed by atoms with Crippen molar-refractivity contribution in [2.24, 2.45) is 5.92 Å². The fourth-order valence-corrected chi connectivity index (χ4v) is 9.14. The molecule has 42 heavy (non-hydrogen) atoms. The molecule has 11 heteroatoms. The number of hydrogen-bond donors (Lipinski definition) is 2. The molecule has 2 saturated heterocycles. The van der Waals surface area contributed by atoms with Crippen LogP contribution in [0.1, 0.15) is 32.1 Å². The third-order valence-electron chi connectivity index (χ3n) is 8.60. The highest BCUT2D eigenvalue weighted by atomic mass is 32.2. The summed E-state index contributed by atoms with van der Waals surface area (Å²) in [7, 11) is -6.93. The minimum absolute atomic E-state index is 0.0272. The first kappa shape index (κ1) is 29.5. The molecule has 1 unspecified atom stereocenters. The molecular weight excluding hydrogens is 576 g/mol. The number of benzene rings is 3. The molecule has 0 aromatic heterocycles.